The molecule has 0 saturated carbocycles. The number of hydrogen-bond donors (Lipinski definition) is 0. The standard InChI is InChI=1S/C9H12N2O2/c1-7(12)8(6-10)9(13)11-4-2-3-5-11/h8H,2-5H2,1H3. The predicted octanol–water partition coefficient (Wildman–Crippen LogP) is 0.338. The predicted molar refractivity (Wildman–Crippen MR) is 45.6 cm³/mol. The maximum atomic E-state index is 11.5. The van der Waals surface area contributed by atoms with Gasteiger partial charge in [0.2, 0.25) is 5.91 Å². The number of likely N-dealkylation sites (tertiary alicyclic amines) is 1. The summed E-state index contributed by atoms with van der Waals surface area (Å²) >= 11 is 0. The lowest BCUT2D eigenvalue weighted by atomic mass is 10.1. The second kappa shape index (κ2) is 4.04. The third-order valence-corrected chi connectivity index (χ3v) is 2.20. The second-order valence-electron chi connectivity index (χ2n) is 3.21. The van der Waals surface area contributed by atoms with Crippen molar-refractivity contribution in [2.45, 2.75) is 19.8 Å². The van der Waals surface area contributed by atoms with E-state index < -0.39 is 5.92 Å². The normalized spacial score (nSPS) is 18.0. The van der Waals surface area contributed by atoms with Crippen LogP contribution in [0.5, 0.6) is 0 Å². The van der Waals surface area contributed by atoms with E-state index in [0.717, 1.165) is 12.8 Å². The molecule has 1 aliphatic rings. The fourth-order valence-corrected chi connectivity index (χ4v) is 1.44. The Balaban J connectivity index is 2.64. The molecule has 0 radical (unpaired) electrons. The Bertz CT molecular complexity index is 261. The summed E-state index contributed by atoms with van der Waals surface area (Å²) in [4.78, 5) is 24.0. The van der Waals surface area contributed by atoms with Gasteiger partial charge in [-0.15, -0.1) is 0 Å². The van der Waals surface area contributed by atoms with E-state index in [2.05, 4.69) is 0 Å². The average molecular weight is 180 g/mol. The molecule has 1 amide bonds. The molecule has 0 aromatic heterocycles. The van der Waals surface area contributed by atoms with E-state index in [4.69, 9.17) is 5.26 Å². The summed E-state index contributed by atoms with van der Waals surface area (Å²) in [6.45, 7) is 2.65. The minimum Gasteiger partial charge on any atom is -0.341 e. The van der Waals surface area contributed by atoms with Crippen LogP contribution in [-0.4, -0.2) is 29.7 Å². The maximum absolute atomic E-state index is 11.5. The summed E-state index contributed by atoms with van der Waals surface area (Å²) in [6.07, 6.45) is 1.95. The van der Waals surface area contributed by atoms with E-state index in [1.54, 1.807) is 11.0 Å². The van der Waals surface area contributed by atoms with Crippen LogP contribution in [0.3, 0.4) is 0 Å². The molecule has 1 aliphatic heterocycles. The number of Topliss-reactive ketones (excluding diaryl/α,β-unsaturated/α-hetero) is 1. The van der Waals surface area contributed by atoms with E-state index in [9.17, 15) is 9.59 Å². The molecule has 1 fully saturated rings. The fourth-order valence-electron chi connectivity index (χ4n) is 1.44. The van der Waals surface area contributed by atoms with Gasteiger partial charge in [0.25, 0.3) is 0 Å². The van der Waals surface area contributed by atoms with Crippen molar-refractivity contribution in [1.29, 1.82) is 5.26 Å². The van der Waals surface area contributed by atoms with E-state index in [0.29, 0.717) is 13.1 Å². The lowest BCUT2D eigenvalue weighted by Gasteiger charge is -2.16. The van der Waals surface area contributed by atoms with Gasteiger partial charge in [0.15, 0.2) is 11.7 Å². The molecule has 70 valence electrons. The van der Waals surface area contributed by atoms with Gasteiger partial charge in [-0.05, 0) is 19.8 Å². The monoisotopic (exact) mass is 180 g/mol. The number of carbonyl (C=O) groups excluding carboxylic acids is 2. The third-order valence-electron chi connectivity index (χ3n) is 2.20. The lowest BCUT2D eigenvalue weighted by Crippen LogP contribution is -2.36. The number of ketones is 1. The summed E-state index contributed by atoms with van der Waals surface area (Å²) in [5.74, 6) is -1.77. The van der Waals surface area contributed by atoms with Crippen molar-refractivity contribution in [2.75, 3.05) is 13.1 Å². The molecule has 0 bridgehead atoms. The van der Waals surface area contributed by atoms with Crippen molar-refractivity contribution in [1.82, 2.24) is 4.90 Å². The number of nitriles is 1. The molecule has 0 aromatic rings. The summed E-state index contributed by atoms with van der Waals surface area (Å²) in [6, 6.07) is 1.74. The van der Waals surface area contributed by atoms with Gasteiger partial charge in [0.1, 0.15) is 0 Å². The van der Waals surface area contributed by atoms with E-state index >= 15 is 0 Å². The topological polar surface area (TPSA) is 61.2 Å². The van der Waals surface area contributed by atoms with Crippen molar-refractivity contribution in [2.24, 2.45) is 5.92 Å². The van der Waals surface area contributed by atoms with Crippen LogP contribution in [-0.2, 0) is 9.59 Å². The molecule has 0 aromatic carbocycles. The van der Waals surface area contributed by atoms with Crippen LogP contribution in [0.15, 0.2) is 0 Å². The Morgan fingerprint density at radius 3 is 2.31 bits per heavy atom. The molecule has 1 saturated heterocycles. The smallest absolute Gasteiger partial charge is 0.247 e. The first kappa shape index (κ1) is 9.72. The number of amides is 1. The molecular weight excluding hydrogens is 168 g/mol. The third kappa shape index (κ3) is 2.05. The molecule has 1 heterocycles. The minimum absolute atomic E-state index is 0.326. The number of hydrogen-bond acceptors (Lipinski definition) is 3. The summed E-state index contributed by atoms with van der Waals surface area (Å²) < 4.78 is 0. The molecule has 0 aliphatic carbocycles. The van der Waals surface area contributed by atoms with Crippen molar-refractivity contribution in [3.05, 3.63) is 0 Å². The lowest BCUT2D eigenvalue weighted by molar-refractivity contribution is -0.137. The van der Waals surface area contributed by atoms with Gasteiger partial charge in [-0.25, -0.2) is 0 Å². The number of carbonyl (C=O) groups is 2. The summed E-state index contributed by atoms with van der Waals surface area (Å²) in [7, 11) is 0. The van der Waals surface area contributed by atoms with Crippen molar-refractivity contribution >= 4 is 11.7 Å². The Kier molecular flexibility index (Phi) is 3.02. The quantitative estimate of drug-likeness (QED) is 0.575. The fraction of sp³-hybridized carbons (Fsp3) is 0.667. The van der Waals surface area contributed by atoms with E-state index in [1.165, 1.54) is 6.92 Å². The first-order valence-corrected chi connectivity index (χ1v) is 4.35. The van der Waals surface area contributed by atoms with Gasteiger partial charge in [-0.2, -0.15) is 5.26 Å². The minimum atomic E-state index is -1.09. The zero-order valence-corrected chi connectivity index (χ0v) is 7.62. The van der Waals surface area contributed by atoms with Crippen molar-refractivity contribution in [3.63, 3.8) is 0 Å². The van der Waals surface area contributed by atoms with Crippen LogP contribution in [0.2, 0.25) is 0 Å². The molecule has 1 rings (SSSR count). The van der Waals surface area contributed by atoms with Gasteiger partial charge in [-0.3, -0.25) is 9.59 Å². The van der Waals surface area contributed by atoms with Gasteiger partial charge in [0.05, 0.1) is 6.07 Å². The molecule has 0 N–H and O–H groups in total. The largest absolute Gasteiger partial charge is 0.341 e. The van der Waals surface area contributed by atoms with Crippen LogP contribution in [0.4, 0.5) is 0 Å². The highest BCUT2D eigenvalue weighted by Crippen LogP contribution is 2.12. The van der Waals surface area contributed by atoms with E-state index in [-0.39, 0.29) is 11.7 Å². The van der Waals surface area contributed by atoms with Crippen molar-refractivity contribution < 1.29 is 9.59 Å². The molecule has 1 unspecified atom stereocenters. The molecule has 0 spiro atoms. The van der Waals surface area contributed by atoms with Crippen LogP contribution in [0.1, 0.15) is 19.8 Å². The number of rotatable bonds is 2. The van der Waals surface area contributed by atoms with Crippen LogP contribution in [0.25, 0.3) is 0 Å². The summed E-state index contributed by atoms with van der Waals surface area (Å²) in [5.41, 5.74) is 0. The highest BCUT2D eigenvalue weighted by Gasteiger charge is 2.29. The average Bonchev–Trinajstić information content (AvgIpc) is 2.56. The molecule has 4 nitrogen and oxygen atoms in total. The van der Waals surface area contributed by atoms with Crippen LogP contribution >= 0.6 is 0 Å². The van der Waals surface area contributed by atoms with Crippen LogP contribution in [0, 0.1) is 17.2 Å². The van der Waals surface area contributed by atoms with E-state index in [1.807, 2.05) is 0 Å². The highest BCUT2D eigenvalue weighted by atomic mass is 16.2. The molecule has 1 atom stereocenters. The Hall–Kier alpha value is -1.37. The van der Waals surface area contributed by atoms with Gasteiger partial charge in [-0.1, -0.05) is 0 Å². The first-order valence-electron chi connectivity index (χ1n) is 4.35. The second-order valence-corrected chi connectivity index (χ2v) is 3.21. The SMILES string of the molecule is CC(=O)C(C#N)C(=O)N1CCCC1. The molecule has 13 heavy (non-hydrogen) atoms. The summed E-state index contributed by atoms with van der Waals surface area (Å²) in [5, 5.41) is 8.61. The Morgan fingerprint density at radius 1 is 1.38 bits per heavy atom. The van der Waals surface area contributed by atoms with Gasteiger partial charge >= 0.3 is 0 Å². The number of nitrogens with zero attached hydrogens (tertiary/aromatic N) is 2. The van der Waals surface area contributed by atoms with Crippen molar-refractivity contribution in [3.8, 4) is 6.07 Å². The Morgan fingerprint density at radius 2 is 1.92 bits per heavy atom. The molecule has 4 heteroatoms. The van der Waals surface area contributed by atoms with Gasteiger partial charge < -0.3 is 4.90 Å². The van der Waals surface area contributed by atoms with Crippen LogP contribution < -0.4 is 0 Å². The Labute approximate surface area is 77.1 Å². The zero-order chi connectivity index (χ0) is 9.84. The highest BCUT2D eigenvalue weighted by molar-refractivity contribution is 6.02. The molecular formula is C9H12N2O2. The first-order chi connectivity index (χ1) is 6.16. The zero-order valence-electron chi connectivity index (χ0n) is 7.62. The van der Waals surface area contributed by atoms with Gasteiger partial charge in [0, 0.05) is 13.1 Å². The maximum Gasteiger partial charge on any atom is 0.247 e.